The van der Waals surface area contributed by atoms with Crippen molar-refractivity contribution in [1.29, 1.82) is 0 Å². The molecule has 0 aliphatic rings. The summed E-state index contributed by atoms with van der Waals surface area (Å²) in [4.78, 5) is 31.8. The van der Waals surface area contributed by atoms with E-state index < -0.39 is 5.97 Å². The highest BCUT2D eigenvalue weighted by Gasteiger charge is 2.15. The van der Waals surface area contributed by atoms with Crippen molar-refractivity contribution in [2.45, 2.75) is 19.3 Å². The van der Waals surface area contributed by atoms with Gasteiger partial charge in [-0.2, -0.15) is 0 Å². The van der Waals surface area contributed by atoms with Crippen LogP contribution in [0.5, 0.6) is 5.75 Å². The minimum absolute atomic E-state index is 0.0166. The number of benzene rings is 2. The molecule has 0 unspecified atom stereocenters. The number of ether oxygens (including phenoxy) is 2. The number of H-pyrrole nitrogens is 1. The van der Waals surface area contributed by atoms with Crippen LogP contribution >= 0.6 is 0 Å². The van der Waals surface area contributed by atoms with Gasteiger partial charge in [0.15, 0.2) is 0 Å². The van der Waals surface area contributed by atoms with Crippen LogP contribution in [0.1, 0.15) is 17.5 Å². The van der Waals surface area contributed by atoms with Crippen LogP contribution in [0.3, 0.4) is 0 Å². The number of carbonyl (C=O) groups excluding carboxylic acids is 1. The predicted octanol–water partition coefficient (Wildman–Crippen LogP) is 2.24. The Labute approximate surface area is 162 Å². The van der Waals surface area contributed by atoms with Crippen LogP contribution in [-0.2, 0) is 22.4 Å². The smallest absolute Gasteiger partial charge is 0.310 e. The fraction of sp³-hybridized carbons (Fsp3) is 0.286. The molecule has 1 aromatic heterocycles. The molecule has 3 rings (SSSR count). The summed E-state index contributed by atoms with van der Waals surface area (Å²) in [5.41, 5.74) is 3.32. The molecule has 0 saturated heterocycles. The average Bonchev–Trinajstić information content (AvgIpc) is 2.71. The number of rotatable bonds is 7. The summed E-state index contributed by atoms with van der Waals surface area (Å²) in [5.74, 6) is 0.113. The van der Waals surface area contributed by atoms with E-state index in [1.54, 1.807) is 12.1 Å². The summed E-state index contributed by atoms with van der Waals surface area (Å²) in [6.07, 6.45) is 1.47. The lowest BCUT2D eigenvalue weighted by atomic mass is 10.0. The summed E-state index contributed by atoms with van der Waals surface area (Å²) in [6.45, 7) is 0.139. The number of aliphatic hydroxyl groups excluding tert-OH is 1. The Morgan fingerprint density at radius 3 is 2.57 bits per heavy atom. The number of nitrogens with zero attached hydrogens (tertiary/aromatic N) is 1. The highest BCUT2D eigenvalue weighted by Crippen LogP contribution is 2.25. The normalized spacial score (nSPS) is 10.8. The third-order valence-corrected chi connectivity index (χ3v) is 4.50. The van der Waals surface area contributed by atoms with Crippen LogP contribution in [-0.4, -0.2) is 41.9 Å². The minimum atomic E-state index is -0.405. The van der Waals surface area contributed by atoms with E-state index in [0.29, 0.717) is 34.3 Å². The number of hydrogen-bond acceptors (Lipinski definition) is 6. The zero-order valence-electron chi connectivity index (χ0n) is 15.8. The van der Waals surface area contributed by atoms with E-state index in [-0.39, 0.29) is 24.3 Å². The second kappa shape index (κ2) is 8.67. The monoisotopic (exact) mass is 382 g/mol. The molecule has 3 aromatic rings. The van der Waals surface area contributed by atoms with Crippen molar-refractivity contribution in [2.24, 2.45) is 0 Å². The molecule has 0 fully saturated rings. The topological polar surface area (TPSA) is 102 Å². The van der Waals surface area contributed by atoms with E-state index in [9.17, 15) is 9.59 Å². The van der Waals surface area contributed by atoms with Crippen LogP contribution in [0.2, 0.25) is 0 Å². The molecule has 0 radical (unpaired) electrons. The van der Waals surface area contributed by atoms with Crippen molar-refractivity contribution in [3.8, 4) is 17.0 Å². The first kappa shape index (κ1) is 19.6. The van der Waals surface area contributed by atoms with Crippen molar-refractivity contribution in [3.05, 3.63) is 57.9 Å². The molecule has 0 aliphatic heterocycles. The average molecular weight is 382 g/mol. The second-order valence-electron chi connectivity index (χ2n) is 6.37. The predicted molar refractivity (Wildman–Crippen MR) is 105 cm³/mol. The fourth-order valence-corrected chi connectivity index (χ4v) is 3.03. The first-order chi connectivity index (χ1) is 13.5. The Balaban J connectivity index is 2.08. The molecule has 0 saturated carbocycles. The van der Waals surface area contributed by atoms with Crippen molar-refractivity contribution in [1.82, 2.24) is 9.97 Å². The number of aromatic nitrogens is 2. The van der Waals surface area contributed by atoms with Gasteiger partial charge in [-0.25, -0.2) is 4.98 Å². The van der Waals surface area contributed by atoms with Crippen LogP contribution in [0.25, 0.3) is 22.3 Å². The van der Waals surface area contributed by atoms with E-state index in [1.165, 1.54) is 14.2 Å². The standard InChI is InChI=1S/C21H22N2O5/c1-27-16-10-15(11-18(25)28-2)19-17(12-16)22-21(26)20(23-19)14-7-5-13(6-8-14)4-3-9-24/h5-8,10,12,24H,3-4,9,11H2,1-2H3,(H,22,26). The highest BCUT2D eigenvalue weighted by atomic mass is 16.5. The van der Waals surface area contributed by atoms with Gasteiger partial charge in [-0.15, -0.1) is 0 Å². The molecule has 0 spiro atoms. The summed E-state index contributed by atoms with van der Waals surface area (Å²) >= 11 is 0. The van der Waals surface area contributed by atoms with Crippen LogP contribution in [0.4, 0.5) is 0 Å². The maximum atomic E-state index is 12.6. The number of esters is 1. The third kappa shape index (κ3) is 4.20. The Morgan fingerprint density at radius 2 is 1.93 bits per heavy atom. The van der Waals surface area contributed by atoms with Crippen molar-refractivity contribution in [3.63, 3.8) is 0 Å². The Hall–Kier alpha value is -3.19. The van der Waals surface area contributed by atoms with E-state index in [0.717, 1.165) is 12.0 Å². The molecular weight excluding hydrogens is 360 g/mol. The number of carbonyl (C=O) groups is 1. The van der Waals surface area contributed by atoms with Crippen molar-refractivity contribution >= 4 is 17.0 Å². The van der Waals surface area contributed by atoms with Crippen LogP contribution in [0, 0.1) is 0 Å². The lowest BCUT2D eigenvalue weighted by Gasteiger charge is -2.10. The number of aryl methyl sites for hydroxylation is 1. The zero-order chi connectivity index (χ0) is 20.1. The first-order valence-corrected chi connectivity index (χ1v) is 8.93. The molecule has 0 bridgehead atoms. The number of fused-ring (bicyclic) bond motifs is 1. The maximum Gasteiger partial charge on any atom is 0.310 e. The number of methoxy groups -OCH3 is 2. The first-order valence-electron chi connectivity index (χ1n) is 8.93. The third-order valence-electron chi connectivity index (χ3n) is 4.50. The van der Waals surface area contributed by atoms with Gasteiger partial charge >= 0.3 is 5.97 Å². The van der Waals surface area contributed by atoms with Gasteiger partial charge in [-0.05, 0) is 30.0 Å². The number of aromatic amines is 1. The summed E-state index contributed by atoms with van der Waals surface area (Å²) in [7, 11) is 2.84. The number of hydrogen-bond donors (Lipinski definition) is 2. The van der Waals surface area contributed by atoms with Gasteiger partial charge in [-0.1, -0.05) is 24.3 Å². The molecule has 1 heterocycles. The summed E-state index contributed by atoms with van der Waals surface area (Å²) in [6, 6.07) is 10.9. The number of nitrogens with one attached hydrogen (secondary N) is 1. The summed E-state index contributed by atoms with van der Waals surface area (Å²) in [5, 5.41) is 8.94. The van der Waals surface area contributed by atoms with E-state index in [2.05, 4.69) is 9.97 Å². The van der Waals surface area contributed by atoms with Gasteiger partial charge < -0.3 is 19.6 Å². The lowest BCUT2D eigenvalue weighted by Crippen LogP contribution is -2.13. The molecule has 146 valence electrons. The zero-order valence-corrected chi connectivity index (χ0v) is 15.8. The molecule has 0 amide bonds. The molecule has 7 heteroatoms. The highest BCUT2D eigenvalue weighted by molar-refractivity contribution is 5.86. The second-order valence-corrected chi connectivity index (χ2v) is 6.37. The van der Waals surface area contributed by atoms with Gasteiger partial charge in [0.1, 0.15) is 11.4 Å². The molecule has 0 atom stereocenters. The van der Waals surface area contributed by atoms with Gasteiger partial charge in [0.05, 0.1) is 31.7 Å². The molecular formula is C21H22N2O5. The quantitative estimate of drug-likeness (QED) is 0.608. The molecule has 28 heavy (non-hydrogen) atoms. The Bertz CT molecular complexity index is 1040. The van der Waals surface area contributed by atoms with Gasteiger partial charge in [0.2, 0.25) is 0 Å². The fourth-order valence-electron chi connectivity index (χ4n) is 3.03. The molecule has 0 aliphatic carbocycles. The van der Waals surface area contributed by atoms with Gasteiger partial charge in [0.25, 0.3) is 5.56 Å². The van der Waals surface area contributed by atoms with Gasteiger partial charge in [-0.3, -0.25) is 9.59 Å². The molecule has 2 aromatic carbocycles. The molecule has 7 nitrogen and oxygen atoms in total. The van der Waals surface area contributed by atoms with Crippen molar-refractivity contribution < 1.29 is 19.4 Å². The maximum absolute atomic E-state index is 12.6. The van der Waals surface area contributed by atoms with E-state index in [4.69, 9.17) is 14.6 Å². The SMILES string of the molecule is COC(=O)Cc1cc(OC)cc2[nH]c(=O)c(-c3ccc(CCCO)cc3)nc12. The van der Waals surface area contributed by atoms with E-state index >= 15 is 0 Å². The van der Waals surface area contributed by atoms with Crippen LogP contribution < -0.4 is 10.3 Å². The number of aliphatic hydroxyl groups is 1. The lowest BCUT2D eigenvalue weighted by molar-refractivity contribution is -0.139. The summed E-state index contributed by atoms with van der Waals surface area (Å²) < 4.78 is 10.0. The Kier molecular flexibility index (Phi) is 6.06. The minimum Gasteiger partial charge on any atom is -0.497 e. The van der Waals surface area contributed by atoms with Gasteiger partial charge in [0, 0.05) is 18.2 Å². The van der Waals surface area contributed by atoms with Crippen LogP contribution in [0.15, 0.2) is 41.2 Å². The molecule has 2 N–H and O–H groups in total. The Morgan fingerprint density at radius 1 is 1.18 bits per heavy atom. The van der Waals surface area contributed by atoms with Crippen molar-refractivity contribution in [2.75, 3.05) is 20.8 Å². The van der Waals surface area contributed by atoms with E-state index in [1.807, 2.05) is 24.3 Å². The largest absolute Gasteiger partial charge is 0.497 e.